The number of halogens is 1. The fourth-order valence-electron chi connectivity index (χ4n) is 2.15. The number of hydrogen-bond donors (Lipinski definition) is 1. The van der Waals surface area contributed by atoms with Gasteiger partial charge in [0.05, 0.1) is 27.0 Å². The largest absolute Gasteiger partial charge is 0.493 e. The first-order valence-electron chi connectivity index (χ1n) is 7.40. The third-order valence-electron chi connectivity index (χ3n) is 3.51. The van der Waals surface area contributed by atoms with Gasteiger partial charge in [0.2, 0.25) is 5.75 Å². The zero-order valence-electron chi connectivity index (χ0n) is 14.4. The van der Waals surface area contributed by atoms with E-state index in [0.717, 1.165) is 0 Å². The van der Waals surface area contributed by atoms with Crippen molar-refractivity contribution in [3.05, 3.63) is 53.3 Å². The normalized spacial score (nSPS) is 11.0. The van der Waals surface area contributed by atoms with Gasteiger partial charge in [0.15, 0.2) is 11.5 Å². The van der Waals surface area contributed by atoms with Crippen molar-refractivity contribution < 1.29 is 23.4 Å². The van der Waals surface area contributed by atoms with E-state index < -0.39 is 11.7 Å². The number of hydrazone groups is 1. The number of nitrogens with one attached hydrogen (secondary N) is 1. The van der Waals surface area contributed by atoms with E-state index in [9.17, 15) is 9.18 Å². The van der Waals surface area contributed by atoms with Crippen LogP contribution in [0.15, 0.2) is 41.5 Å². The summed E-state index contributed by atoms with van der Waals surface area (Å²) in [4.78, 5) is 12.0. The molecular weight excluding hydrogens is 327 g/mol. The molecule has 6 nitrogen and oxygen atoms in total. The Hall–Kier alpha value is -3.09. The number of carbonyl (C=O) groups excluding carboxylic acids is 1. The molecule has 0 atom stereocenters. The molecule has 0 unspecified atom stereocenters. The van der Waals surface area contributed by atoms with Crippen LogP contribution in [0.25, 0.3) is 0 Å². The lowest BCUT2D eigenvalue weighted by atomic mass is 10.1. The summed E-state index contributed by atoms with van der Waals surface area (Å²) in [7, 11) is 4.55. The molecule has 2 aromatic rings. The maximum atomic E-state index is 12.9. The molecule has 1 amide bonds. The monoisotopic (exact) mass is 346 g/mol. The van der Waals surface area contributed by atoms with Gasteiger partial charge in [-0.1, -0.05) is 0 Å². The minimum Gasteiger partial charge on any atom is -0.493 e. The van der Waals surface area contributed by atoms with Crippen LogP contribution in [0.2, 0.25) is 0 Å². The summed E-state index contributed by atoms with van der Waals surface area (Å²) >= 11 is 0. The Bertz CT molecular complexity index is 763. The highest BCUT2D eigenvalue weighted by atomic mass is 19.1. The van der Waals surface area contributed by atoms with E-state index in [-0.39, 0.29) is 0 Å². The maximum absolute atomic E-state index is 12.9. The first kappa shape index (κ1) is 18.3. The van der Waals surface area contributed by atoms with Crippen molar-refractivity contribution in [3.8, 4) is 17.2 Å². The fraction of sp³-hybridized carbons (Fsp3) is 0.222. The van der Waals surface area contributed by atoms with Crippen molar-refractivity contribution in [1.29, 1.82) is 0 Å². The molecule has 0 aliphatic rings. The summed E-state index contributed by atoms with van der Waals surface area (Å²) in [5.41, 5.74) is 3.97. The molecule has 0 fully saturated rings. The number of rotatable bonds is 6. The van der Waals surface area contributed by atoms with E-state index in [4.69, 9.17) is 14.2 Å². The van der Waals surface area contributed by atoms with Crippen LogP contribution >= 0.6 is 0 Å². The average Bonchev–Trinajstić information content (AvgIpc) is 2.64. The van der Waals surface area contributed by atoms with Crippen molar-refractivity contribution in [2.45, 2.75) is 6.92 Å². The van der Waals surface area contributed by atoms with Gasteiger partial charge in [0.25, 0.3) is 5.91 Å². The predicted octanol–water partition coefficient (Wildman–Crippen LogP) is 3.01. The molecule has 2 aromatic carbocycles. The number of carbonyl (C=O) groups is 1. The SMILES string of the molecule is COc1cc(C(C)=NNC(=O)c2ccc(F)cc2)cc(OC)c1OC. The van der Waals surface area contributed by atoms with Crippen LogP contribution < -0.4 is 19.6 Å². The molecular formula is C18H19FN2O4. The van der Waals surface area contributed by atoms with Crippen LogP contribution in [0.4, 0.5) is 4.39 Å². The number of amides is 1. The Labute approximate surface area is 145 Å². The molecule has 0 saturated heterocycles. The number of hydrogen-bond acceptors (Lipinski definition) is 5. The Balaban J connectivity index is 2.24. The molecule has 0 aliphatic heterocycles. The second kappa shape index (κ2) is 8.14. The topological polar surface area (TPSA) is 69.2 Å². The van der Waals surface area contributed by atoms with Gasteiger partial charge in [-0.3, -0.25) is 4.79 Å². The molecule has 0 bridgehead atoms. The van der Waals surface area contributed by atoms with Gasteiger partial charge >= 0.3 is 0 Å². The average molecular weight is 346 g/mol. The summed E-state index contributed by atoms with van der Waals surface area (Å²) in [6.45, 7) is 1.73. The van der Waals surface area contributed by atoms with E-state index in [1.807, 2.05) is 0 Å². The van der Waals surface area contributed by atoms with Gasteiger partial charge in [-0.05, 0) is 43.3 Å². The van der Waals surface area contributed by atoms with Gasteiger partial charge in [-0.15, -0.1) is 0 Å². The van der Waals surface area contributed by atoms with E-state index in [1.54, 1.807) is 19.1 Å². The lowest BCUT2D eigenvalue weighted by molar-refractivity contribution is 0.0955. The van der Waals surface area contributed by atoms with Crippen molar-refractivity contribution >= 4 is 11.6 Å². The summed E-state index contributed by atoms with van der Waals surface area (Å²) in [6, 6.07) is 8.65. The smallest absolute Gasteiger partial charge is 0.271 e. The highest BCUT2D eigenvalue weighted by Gasteiger charge is 2.14. The Kier molecular flexibility index (Phi) is 5.94. The first-order chi connectivity index (χ1) is 12.0. The fourth-order valence-corrected chi connectivity index (χ4v) is 2.15. The second-order valence-electron chi connectivity index (χ2n) is 5.06. The molecule has 0 aromatic heterocycles. The minimum absolute atomic E-state index is 0.308. The molecule has 2 rings (SSSR count). The molecule has 0 saturated carbocycles. The van der Waals surface area contributed by atoms with Crippen LogP contribution in [0.3, 0.4) is 0 Å². The van der Waals surface area contributed by atoms with Crippen LogP contribution in [0, 0.1) is 5.82 Å². The summed E-state index contributed by atoms with van der Waals surface area (Å²) < 4.78 is 28.8. The second-order valence-corrected chi connectivity index (χ2v) is 5.06. The van der Waals surface area contributed by atoms with Crippen LogP contribution in [-0.2, 0) is 0 Å². The van der Waals surface area contributed by atoms with E-state index in [2.05, 4.69) is 10.5 Å². The Morgan fingerprint density at radius 2 is 1.52 bits per heavy atom. The van der Waals surface area contributed by atoms with Gasteiger partial charge in [0.1, 0.15) is 5.82 Å². The number of ether oxygens (including phenoxy) is 3. The summed E-state index contributed by atoms with van der Waals surface area (Å²) in [5.74, 6) is 0.588. The molecule has 1 N–H and O–H groups in total. The van der Waals surface area contributed by atoms with Gasteiger partial charge in [-0.25, -0.2) is 9.82 Å². The molecule has 25 heavy (non-hydrogen) atoms. The highest BCUT2D eigenvalue weighted by Crippen LogP contribution is 2.38. The quantitative estimate of drug-likeness (QED) is 0.645. The molecule has 0 aliphatic carbocycles. The molecule has 0 spiro atoms. The number of nitrogens with zero attached hydrogens (tertiary/aromatic N) is 1. The van der Waals surface area contributed by atoms with Crippen molar-refractivity contribution in [3.63, 3.8) is 0 Å². The van der Waals surface area contributed by atoms with Gasteiger partial charge in [0, 0.05) is 11.1 Å². The third-order valence-corrected chi connectivity index (χ3v) is 3.51. The molecule has 0 heterocycles. The summed E-state index contributed by atoms with van der Waals surface area (Å²) in [5, 5.41) is 4.07. The molecule has 0 radical (unpaired) electrons. The lowest BCUT2D eigenvalue weighted by Gasteiger charge is -2.14. The number of methoxy groups -OCH3 is 3. The zero-order valence-corrected chi connectivity index (χ0v) is 14.4. The van der Waals surface area contributed by atoms with Crippen LogP contribution in [0.5, 0.6) is 17.2 Å². The minimum atomic E-state index is -0.438. The van der Waals surface area contributed by atoms with Crippen LogP contribution in [0.1, 0.15) is 22.8 Å². The van der Waals surface area contributed by atoms with Crippen LogP contribution in [-0.4, -0.2) is 32.9 Å². The third kappa shape index (κ3) is 4.26. The summed E-state index contributed by atoms with van der Waals surface area (Å²) in [6.07, 6.45) is 0. The standard InChI is InChI=1S/C18H19FN2O4/c1-11(20-21-18(22)12-5-7-14(19)8-6-12)13-9-15(23-2)17(25-4)16(10-13)24-3/h5-10H,1-4H3,(H,21,22). The zero-order chi connectivity index (χ0) is 18.4. The Morgan fingerprint density at radius 3 is 2.00 bits per heavy atom. The van der Waals surface area contributed by atoms with E-state index >= 15 is 0 Å². The van der Waals surface area contributed by atoms with Crippen molar-refractivity contribution in [2.75, 3.05) is 21.3 Å². The van der Waals surface area contributed by atoms with E-state index in [0.29, 0.717) is 34.1 Å². The molecule has 132 valence electrons. The highest BCUT2D eigenvalue weighted by molar-refractivity contribution is 6.01. The lowest BCUT2D eigenvalue weighted by Crippen LogP contribution is -2.19. The van der Waals surface area contributed by atoms with E-state index in [1.165, 1.54) is 45.6 Å². The predicted molar refractivity (Wildman–Crippen MR) is 92.2 cm³/mol. The first-order valence-corrected chi connectivity index (χ1v) is 7.40. The Morgan fingerprint density at radius 1 is 0.960 bits per heavy atom. The van der Waals surface area contributed by atoms with Gasteiger partial charge < -0.3 is 14.2 Å². The molecule has 7 heteroatoms. The maximum Gasteiger partial charge on any atom is 0.271 e. The van der Waals surface area contributed by atoms with Crippen molar-refractivity contribution in [2.24, 2.45) is 5.10 Å². The number of benzene rings is 2. The van der Waals surface area contributed by atoms with Crippen molar-refractivity contribution in [1.82, 2.24) is 5.43 Å². The van der Waals surface area contributed by atoms with Gasteiger partial charge in [-0.2, -0.15) is 5.10 Å².